The van der Waals surface area contributed by atoms with E-state index in [0.717, 1.165) is 12.2 Å². The number of anilines is 1. The highest BCUT2D eigenvalue weighted by atomic mass is 32.1. The third-order valence-electron chi connectivity index (χ3n) is 1.83. The number of quaternary nitrogens is 1. The van der Waals surface area contributed by atoms with Crippen LogP contribution in [0.25, 0.3) is 0 Å². The van der Waals surface area contributed by atoms with Crippen molar-refractivity contribution in [3.05, 3.63) is 11.1 Å². The number of nitrogens with one attached hydrogen (secondary N) is 1. The minimum atomic E-state index is 0.0185. The van der Waals surface area contributed by atoms with Crippen LogP contribution in [-0.4, -0.2) is 24.0 Å². The number of hydrogen-bond acceptors (Lipinski definition) is 3. The summed E-state index contributed by atoms with van der Waals surface area (Å²) in [4.78, 5) is 15.6. The van der Waals surface area contributed by atoms with E-state index in [-0.39, 0.29) is 5.91 Å². The quantitative estimate of drug-likeness (QED) is 0.776. The van der Waals surface area contributed by atoms with Gasteiger partial charge in [0.05, 0.1) is 12.2 Å². The summed E-state index contributed by atoms with van der Waals surface area (Å²) < 4.78 is 0. The predicted molar refractivity (Wildman–Crippen MR) is 62.0 cm³/mol. The number of nitrogens with zero attached hydrogens (tertiary/aromatic N) is 1. The molecule has 0 bridgehead atoms. The second-order valence-electron chi connectivity index (χ2n) is 3.96. The van der Waals surface area contributed by atoms with Crippen molar-refractivity contribution in [1.29, 1.82) is 0 Å². The van der Waals surface area contributed by atoms with Crippen molar-refractivity contribution in [1.82, 2.24) is 4.98 Å². The van der Waals surface area contributed by atoms with Crippen LogP contribution in [0.3, 0.4) is 0 Å². The number of rotatable bonds is 5. The molecular formula is C10H18N3OS+. The average Bonchev–Trinajstić information content (AvgIpc) is 2.50. The standard InChI is InChI=1S/C10H17N3OS/c1-7(2)4-11-5-9(14)13-10-12-8(3)6-15-10/h6-7,11H,4-5H2,1-3H3,(H,12,13,14)/p+1. The van der Waals surface area contributed by atoms with Gasteiger partial charge in [0, 0.05) is 11.3 Å². The third-order valence-corrected chi connectivity index (χ3v) is 2.71. The van der Waals surface area contributed by atoms with Crippen LogP contribution < -0.4 is 10.6 Å². The van der Waals surface area contributed by atoms with Crippen molar-refractivity contribution in [2.24, 2.45) is 5.92 Å². The van der Waals surface area contributed by atoms with Crippen molar-refractivity contribution in [2.45, 2.75) is 20.8 Å². The molecule has 0 aliphatic carbocycles. The van der Waals surface area contributed by atoms with Gasteiger partial charge in [-0.1, -0.05) is 13.8 Å². The molecule has 0 spiro atoms. The fraction of sp³-hybridized carbons (Fsp3) is 0.600. The van der Waals surface area contributed by atoms with E-state index in [1.807, 2.05) is 17.6 Å². The minimum absolute atomic E-state index is 0.0185. The maximum Gasteiger partial charge on any atom is 0.281 e. The van der Waals surface area contributed by atoms with Gasteiger partial charge in [-0.25, -0.2) is 4.98 Å². The molecule has 0 aromatic carbocycles. The van der Waals surface area contributed by atoms with Crippen molar-refractivity contribution in [3.63, 3.8) is 0 Å². The Morgan fingerprint density at radius 3 is 2.93 bits per heavy atom. The lowest BCUT2D eigenvalue weighted by atomic mass is 10.2. The van der Waals surface area contributed by atoms with Gasteiger partial charge in [0.1, 0.15) is 0 Å². The molecule has 0 unspecified atom stereocenters. The Kier molecular flexibility index (Phi) is 4.71. The number of thiazole rings is 1. The van der Waals surface area contributed by atoms with Gasteiger partial charge in [0.25, 0.3) is 5.91 Å². The van der Waals surface area contributed by atoms with Crippen LogP contribution in [0.2, 0.25) is 0 Å². The molecule has 5 heteroatoms. The molecule has 0 aliphatic rings. The van der Waals surface area contributed by atoms with E-state index in [0.29, 0.717) is 17.6 Å². The number of carbonyl (C=O) groups is 1. The average molecular weight is 228 g/mol. The molecule has 4 nitrogen and oxygen atoms in total. The van der Waals surface area contributed by atoms with Gasteiger partial charge in [-0.05, 0) is 6.92 Å². The van der Waals surface area contributed by atoms with Gasteiger partial charge in [-0.3, -0.25) is 10.1 Å². The lowest BCUT2D eigenvalue weighted by Crippen LogP contribution is -2.87. The molecule has 0 atom stereocenters. The molecule has 1 heterocycles. The highest BCUT2D eigenvalue weighted by Gasteiger charge is 2.07. The van der Waals surface area contributed by atoms with Crippen LogP contribution in [0, 0.1) is 12.8 Å². The Balaban J connectivity index is 2.24. The normalized spacial score (nSPS) is 10.7. The Morgan fingerprint density at radius 2 is 2.40 bits per heavy atom. The highest BCUT2D eigenvalue weighted by molar-refractivity contribution is 7.13. The summed E-state index contributed by atoms with van der Waals surface area (Å²) in [5.41, 5.74) is 0.946. The van der Waals surface area contributed by atoms with E-state index in [9.17, 15) is 4.79 Å². The molecule has 15 heavy (non-hydrogen) atoms. The molecule has 1 aromatic heterocycles. The zero-order chi connectivity index (χ0) is 11.3. The molecule has 1 aromatic rings. The lowest BCUT2D eigenvalue weighted by Gasteiger charge is -2.03. The third kappa shape index (κ3) is 4.90. The van der Waals surface area contributed by atoms with Gasteiger partial charge in [0.2, 0.25) is 0 Å². The zero-order valence-corrected chi connectivity index (χ0v) is 10.2. The SMILES string of the molecule is Cc1csc(NC(=O)C[NH2+]CC(C)C)n1. The summed E-state index contributed by atoms with van der Waals surface area (Å²) >= 11 is 1.46. The van der Waals surface area contributed by atoms with Crippen molar-refractivity contribution in [2.75, 3.05) is 18.4 Å². The summed E-state index contributed by atoms with van der Waals surface area (Å²) in [6.45, 7) is 7.63. The van der Waals surface area contributed by atoms with Gasteiger partial charge in [-0.15, -0.1) is 11.3 Å². The van der Waals surface area contributed by atoms with E-state index >= 15 is 0 Å². The minimum Gasteiger partial charge on any atom is -0.338 e. The topological polar surface area (TPSA) is 58.6 Å². The Morgan fingerprint density at radius 1 is 1.67 bits per heavy atom. The van der Waals surface area contributed by atoms with Crippen molar-refractivity contribution >= 4 is 22.4 Å². The van der Waals surface area contributed by atoms with Gasteiger partial charge in [0.15, 0.2) is 11.7 Å². The molecule has 3 N–H and O–H groups in total. The summed E-state index contributed by atoms with van der Waals surface area (Å²) in [6.07, 6.45) is 0. The monoisotopic (exact) mass is 228 g/mol. The fourth-order valence-electron chi connectivity index (χ4n) is 1.13. The zero-order valence-electron chi connectivity index (χ0n) is 9.41. The van der Waals surface area contributed by atoms with Crippen LogP contribution >= 0.6 is 11.3 Å². The smallest absolute Gasteiger partial charge is 0.281 e. The number of hydrogen-bond donors (Lipinski definition) is 2. The molecule has 0 saturated heterocycles. The summed E-state index contributed by atoms with van der Waals surface area (Å²) in [5.74, 6) is 0.630. The predicted octanol–water partition coefficient (Wildman–Crippen LogP) is 0.609. The van der Waals surface area contributed by atoms with E-state index in [1.165, 1.54) is 11.3 Å². The van der Waals surface area contributed by atoms with E-state index < -0.39 is 0 Å². The fourth-order valence-corrected chi connectivity index (χ4v) is 1.83. The Labute approximate surface area is 94.1 Å². The molecule has 0 radical (unpaired) electrons. The number of amides is 1. The summed E-state index contributed by atoms with van der Waals surface area (Å²) in [6, 6.07) is 0. The Hall–Kier alpha value is -0.940. The van der Waals surface area contributed by atoms with Crippen molar-refractivity contribution < 1.29 is 10.1 Å². The first-order valence-corrected chi connectivity index (χ1v) is 5.99. The number of nitrogens with two attached hydrogens (primary N) is 1. The van der Waals surface area contributed by atoms with Crippen molar-refractivity contribution in [3.8, 4) is 0 Å². The van der Waals surface area contributed by atoms with Crippen LogP contribution in [0.5, 0.6) is 0 Å². The van der Waals surface area contributed by atoms with Gasteiger partial charge < -0.3 is 5.32 Å². The maximum atomic E-state index is 11.4. The molecule has 0 saturated carbocycles. The van der Waals surface area contributed by atoms with E-state index in [4.69, 9.17) is 0 Å². The van der Waals surface area contributed by atoms with E-state index in [1.54, 1.807) is 0 Å². The summed E-state index contributed by atoms with van der Waals surface area (Å²) in [7, 11) is 0. The number of aromatic nitrogens is 1. The Bertz CT molecular complexity index is 322. The van der Waals surface area contributed by atoms with Crippen LogP contribution in [0.1, 0.15) is 19.5 Å². The molecular weight excluding hydrogens is 210 g/mol. The van der Waals surface area contributed by atoms with E-state index in [2.05, 4.69) is 24.1 Å². The van der Waals surface area contributed by atoms with Gasteiger partial charge >= 0.3 is 0 Å². The molecule has 1 amide bonds. The molecule has 84 valence electrons. The van der Waals surface area contributed by atoms with Crippen LogP contribution in [0.4, 0.5) is 5.13 Å². The maximum absolute atomic E-state index is 11.4. The second kappa shape index (κ2) is 5.82. The molecule has 0 aliphatic heterocycles. The first-order chi connectivity index (χ1) is 7.08. The largest absolute Gasteiger partial charge is 0.338 e. The lowest BCUT2D eigenvalue weighted by molar-refractivity contribution is -0.648. The second-order valence-corrected chi connectivity index (χ2v) is 4.82. The van der Waals surface area contributed by atoms with Gasteiger partial charge in [-0.2, -0.15) is 0 Å². The van der Waals surface area contributed by atoms with Crippen LogP contribution in [-0.2, 0) is 4.79 Å². The summed E-state index contributed by atoms with van der Waals surface area (Å²) in [5, 5.41) is 7.40. The molecule has 1 rings (SSSR count). The van der Waals surface area contributed by atoms with Crippen LogP contribution in [0.15, 0.2) is 5.38 Å². The first-order valence-electron chi connectivity index (χ1n) is 5.11. The number of carbonyl (C=O) groups excluding carboxylic acids is 1. The number of aryl methyl sites for hydroxylation is 1. The molecule has 0 fully saturated rings. The first kappa shape index (κ1) is 12.1. The highest BCUT2D eigenvalue weighted by Crippen LogP contribution is 2.13.